The Kier molecular flexibility index (Phi) is 4.45. The van der Waals surface area contributed by atoms with Gasteiger partial charge in [0.2, 0.25) is 0 Å². The van der Waals surface area contributed by atoms with Gasteiger partial charge in [0.25, 0.3) is 0 Å². The lowest BCUT2D eigenvalue weighted by molar-refractivity contribution is 0.169. The van der Waals surface area contributed by atoms with Crippen molar-refractivity contribution in [3.05, 3.63) is 22.2 Å². The van der Waals surface area contributed by atoms with Gasteiger partial charge in [0.15, 0.2) is 11.5 Å². The molecule has 2 rings (SSSR count). The van der Waals surface area contributed by atoms with E-state index < -0.39 is 0 Å². The summed E-state index contributed by atoms with van der Waals surface area (Å²) in [7, 11) is 3.88. The minimum Gasteiger partial charge on any atom is -0.486 e. The van der Waals surface area contributed by atoms with Crippen LogP contribution in [0.15, 0.2) is 16.6 Å². The lowest BCUT2D eigenvalue weighted by atomic mass is 10.1. The molecule has 0 spiro atoms. The van der Waals surface area contributed by atoms with Crippen molar-refractivity contribution in [2.24, 2.45) is 5.73 Å². The molecule has 100 valence electrons. The number of nitrogens with two attached hydrogens (primary N) is 1. The number of hydrogen-bond acceptors (Lipinski definition) is 5. The third-order valence-corrected chi connectivity index (χ3v) is 3.26. The molecular weight excluding hydrogens is 298 g/mol. The number of hydrogen-bond donors (Lipinski definition) is 2. The summed E-state index contributed by atoms with van der Waals surface area (Å²) in [5.74, 6) is 1.54. The van der Waals surface area contributed by atoms with Crippen molar-refractivity contribution < 1.29 is 9.47 Å². The Morgan fingerprint density at radius 2 is 2.11 bits per heavy atom. The van der Waals surface area contributed by atoms with E-state index in [0.29, 0.717) is 19.8 Å². The first-order chi connectivity index (χ1) is 8.61. The summed E-state index contributed by atoms with van der Waals surface area (Å²) in [6, 6.07) is 4.04. The second kappa shape index (κ2) is 5.88. The van der Waals surface area contributed by atoms with Gasteiger partial charge in [-0.15, -0.1) is 0 Å². The number of ether oxygens (including phenoxy) is 2. The zero-order valence-corrected chi connectivity index (χ0v) is 12.2. The van der Waals surface area contributed by atoms with E-state index in [1.165, 1.54) is 0 Å². The summed E-state index contributed by atoms with van der Waals surface area (Å²) in [6.45, 7) is 1.67. The molecule has 1 aromatic carbocycles. The van der Waals surface area contributed by atoms with Crippen molar-refractivity contribution in [3.8, 4) is 11.5 Å². The Bertz CT molecular complexity index is 426. The molecule has 1 aliphatic heterocycles. The highest BCUT2D eigenvalue weighted by molar-refractivity contribution is 9.10. The van der Waals surface area contributed by atoms with E-state index in [1.807, 2.05) is 31.2 Å². The van der Waals surface area contributed by atoms with Crippen LogP contribution in [0.25, 0.3) is 0 Å². The molecule has 0 aliphatic carbocycles. The van der Waals surface area contributed by atoms with Gasteiger partial charge >= 0.3 is 0 Å². The maximum absolute atomic E-state index is 5.80. The van der Waals surface area contributed by atoms with Crippen molar-refractivity contribution in [3.63, 3.8) is 0 Å². The van der Waals surface area contributed by atoms with E-state index in [1.54, 1.807) is 0 Å². The number of rotatable bonds is 4. The van der Waals surface area contributed by atoms with Crippen molar-refractivity contribution in [2.45, 2.75) is 6.04 Å². The van der Waals surface area contributed by atoms with E-state index in [4.69, 9.17) is 15.2 Å². The zero-order chi connectivity index (χ0) is 13.1. The molecular formula is C12H18BrN3O2. The molecule has 0 bridgehead atoms. The number of nitrogens with one attached hydrogen (secondary N) is 1. The zero-order valence-electron chi connectivity index (χ0n) is 10.6. The molecule has 0 saturated carbocycles. The van der Waals surface area contributed by atoms with Crippen LogP contribution in [0.3, 0.4) is 0 Å². The highest BCUT2D eigenvalue weighted by Gasteiger charge is 2.19. The van der Waals surface area contributed by atoms with E-state index in [-0.39, 0.29) is 6.04 Å². The Hall–Kier alpha value is -0.820. The Labute approximate surface area is 115 Å². The first-order valence-corrected chi connectivity index (χ1v) is 6.63. The quantitative estimate of drug-likeness (QED) is 0.820. The molecule has 1 unspecified atom stereocenters. The van der Waals surface area contributed by atoms with Gasteiger partial charge in [-0.25, -0.2) is 10.4 Å². The first kappa shape index (κ1) is 13.6. The highest BCUT2D eigenvalue weighted by Crippen LogP contribution is 2.39. The maximum atomic E-state index is 5.80. The lowest BCUT2D eigenvalue weighted by Crippen LogP contribution is -2.38. The van der Waals surface area contributed by atoms with Crippen LogP contribution in [0.1, 0.15) is 11.6 Å². The molecule has 0 radical (unpaired) electrons. The minimum absolute atomic E-state index is 0.0483. The maximum Gasteiger partial charge on any atom is 0.175 e. The average Bonchev–Trinajstić information content (AvgIpc) is 2.35. The third-order valence-electron chi connectivity index (χ3n) is 2.67. The van der Waals surface area contributed by atoms with Crippen LogP contribution in [-0.4, -0.2) is 38.9 Å². The van der Waals surface area contributed by atoms with Crippen LogP contribution in [0.5, 0.6) is 11.5 Å². The fourth-order valence-electron chi connectivity index (χ4n) is 1.91. The summed E-state index contributed by atoms with van der Waals surface area (Å²) < 4.78 is 12.1. The summed E-state index contributed by atoms with van der Waals surface area (Å²) in [4.78, 5) is 0. The van der Waals surface area contributed by atoms with Crippen LogP contribution in [0, 0.1) is 0 Å². The van der Waals surface area contributed by atoms with Gasteiger partial charge in [-0.1, -0.05) is 0 Å². The number of hydrazine groups is 1. The molecule has 0 saturated heterocycles. The van der Waals surface area contributed by atoms with Crippen LogP contribution in [0.4, 0.5) is 0 Å². The molecule has 1 aromatic rings. The van der Waals surface area contributed by atoms with E-state index in [0.717, 1.165) is 21.5 Å². The highest BCUT2D eigenvalue weighted by atomic mass is 79.9. The molecule has 1 heterocycles. The van der Waals surface area contributed by atoms with E-state index in [9.17, 15) is 0 Å². The predicted molar refractivity (Wildman–Crippen MR) is 73.8 cm³/mol. The molecule has 1 atom stereocenters. The molecule has 0 aromatic heterocycles. The molecule has 0 fully saturated rings. The van der Waals surface area contributed by atoms with Gasteiger partial charge in [-0.2, -0.15) is 0 Å². The largest absolute Gasteiger partial charge is 0.486 e. The van der Waals surface area contributed by atoms with Crippen molar-refractivity contribution in [2.75, 3.05) is 33.9 Å². The standard InChI is InChI=1S/C12H18BrN3O2/c1-16(2)15-10(7-14)8-5-9(13)12-11(6-8)17-3-4-18-12/h5-6,10,15H,3-4,7,14H2,1-2H3. The Balaban J connectivity index is 2.30. The fourth-order valence-corrected chi connectivity index (χ4v) is 2.48. The minimum atomic E-state index is 0.0483. The summed E-state index contributed by atoms with van der Waals surface area (Å²) in [5.41, 5.74) is 10.1. The molecule has 3 N–H and O–H groups in total. The van der Waals surface area contributed by atoms with Gasteiger partial charge in [0.1, 0.15) is 13.2 Å². The third kappa shape index (κ3) is 2.95. The summed E-state index contributed by atoms with van der Waals surface area (Å²) >= 11 is 3.51. The Morgan fingerprint density at radius 1 is 1.39 bits per heavy atom. The Morgan fingerprint density at radius 3 is 2.78 bits per heavy atom. The number of halogens is 1. The van der Waals surface area contributed by atoms with Gasteiger partial charge in [-0.05, 0) is 33.6 Å². The van der Waals surface area contributed by atoms with E-state index >= 15 is 0 Å². The van der Waals surface area contributed by atoms with Gasteiger partial charge < -0.3 is 15.2 Å². The smallest absolute Gasteiger partial charge is 0.175 e. The topological polar surface area (TPSA) is 59.8 Å². The normalized spacial score (nSPS) is 15.8. The first-order valence-electron chi connectivity index (χ1n) is 5.84. The molecule has 6 heteroatoms. The van der Waals surface area contributed by atoms with Gasteiger partial charge in [0, 0.05) is 20.6 Å². The van der Waals surface area contributed by atoms with Crippen LogP contribution in [0.2, 0.25) is 0 Å². The van der Waals surface area contributed by atoms with Crippen LogP contribution < -0.4 is 20.6 Å². The molecule has 18 heavy (non-hydrogen) atoms. The SMILES string of the molecule is CN(C)NC(CN)c1cc(Br)c2c(c1)OCCO2. The van der Waals surface area contributed by atoms with Gasteiger partial charge in [-0.3, -0.25) is 0 Å². The predicted octanol–water partition coefficient (Wildman–Crippen LogP) is 1.29. The molecule has 0 amide bonds. The average molecular weight is 316 g/mol. The van der Waals surface area contributed by atoms with Crippen molar-refractivity contribution in [1.82, 2.24) is 10.4 Å². The van der Waals surface area contributed by atoms with Gasteiger partial charge in [0.05, 0.1) is 10.5 Å². The molecule has 5 nitrogen and oxygen atoms in total. The van der Waals surface area contributed by atoms with Crippen molar-refractivity contribution >= 4 is 15.9 Å². The molecule has 1 aliphatic rings. The van der Waals surface area contributed by atoms with Crippen LogP contribution in [-0.2, 0) is 0 Å². The second-order valence-corrected chi connectivity index (χ2v) is 5.19. The lowest BCUT2D eigenvalue weighted by Gasteiger charge is -2.25. The summed E-state index contributed by atoms with van der Waals surface area (Å²) in [6.07, 6.45) is 0. The monoisotopic (exact) mass is 315 g/mol. The summed E-state index contributed by atoms with van der Waals surface area (Å²) in [5, 5.41) is 1.89. The number of benzene rings is 1. The number of nitrogens with zero attached hydrogens (tertiary/aromatic N) is 1. The second-order valence-electron chi connectivity index (χ2n) is 4.34. The number of fused-ring (bicyclic) bond motifs is 1. The van der Waals surface area contributed by atoms with E-state index in [2.05, 4.69) is 21.4 Å². The van der Waals surface area contributed by atoms with Crippen molar-refractivity contribution in [1.29, 1.82) is 0 Å². The fraction of sp³-hybridized carbons (Fsp3) is 0.500. The van der Waals surface area contributed by atoms with Crippen LogP contribution >= 0.6 is 15.9 Å².